The second kappa shape index (κ2) is 7.91. The van der Waals surface area contributed by atoms with Crippen molar-refractivity contribution in [3.63, 3.8) is 0 Å². The van der Waals surface area contributed by atoms with Crippen LogP contribution in [-0.2, 0) is 13.0 Å². The van der Waals surface area contributed by atoms with Crippen LogP contribution in [0.1, 0.15) is 31.9 Å². The van der Waals surface area contributed by atoms with Crippen molar-refractivity contribution in [2.24, 2.45) is 5.92 Å². The number of amides is 2. The van der Waals surface area contributed by atoms with Gasteiger partial charge in [0.15, 0.2) is 0 Å². The van der Waals surface area contributed by atoms with Crippen molar-refractivity contribution >= 4 is 6.03 Å². The summed E-state index contributed by atoms with van der Waals surface area (Å²) in [4.78, 5) is 13.7. The lowest BCUT2D eigenvalue weighted by Crippen LogP contribution is -2.39. The van der Waals surface area contributed by atoms with E-state index in [1.165, 1.54) is 4.90 Å². The standard InChI is InChI=1S/C18H25N3O3/c1-5-23-16-7-14-6-13(3)24-17(14)8-15(16)10-20-18(22)21(4)11-12(2)9-19/h7-8,12-13H,5-6,10-11H2,1-4H3,(H,20,22). The van der Waals surface area contributed by atoms with Gasteiger partial charge in [-0.3, -0.25) is 0 Å². The molecule has 0 saturated heterocycles. The average Bonchev–Trinajstić information content (AvgIpc) is 2.91. The van der Waals surface area contributed by atoms with Gasteiger partial charge in [0.1, 0.15) is 17.6 Å². The summed E-state index contributed by atoms with van der Waals surface area (Å²) in [5, 5.41) is 11.7. The first-order valence-corrected chi connectivity index (χ1v) is 8.28. The molecule has 1 aromatic rings. The lowest BCUT2D eigenvalue weighted by molar-refractivity contribution is 0.205. The number of hydrogen-bond acceptors (Lipinski definition) is 4. The fourth-order valence-corrected chi connectivity index (χ4v) is 2.75. The third-order valence-corrected chi connectivity index (χ3v) is 3.92. The second-order valence-corrected chi connectivity index (χ2v) is 6.20. The highest BCUT2D eigenvalue weighted by Gasteiger charge is 2.22. The number of fused-ring (bicyclic) bond motifs is 1. The van der Waals surface area contributed by atoms with Crippen LogP contribution in [-0.4, -0.2) is 37.2 Å². The SMILES string of the molecule is CCOc1cc2c(cc1CNC(=O)N(C)CC(C)C#N)OC(C)C2. The summed E-state index contributed by atoms with van der Waals surface area (Å²) in [6.45, 7) is 7.07. The lowest BCUT2D eigenvalue weighted by atomic mass is 10.1. The molecule has 0 radical (unpaired) electrons. The third kappa shape index (κ3) is 4.31. The monoisotopic (exact) mass is 331 g/mol. The molecule has 0 aromatic heterocycles. The molecule has 130 valence electrons. The first kappa shape index (κ1) is 17.9. The van der Waals surface area contributed by atoms with E-state index >= 15 is 0 Å². The van der Waals surface area contributed by atoms with Crippen LogP contribution in [0.5, 0.6) is 11.5 Å². The summed E-state index contributed by atoms with van der Waals surface area (Å²) in [6.07, 6.45) is 1.04. The molecule has 1 heterocycles. The van der Waals surface area contributed by atoms with Gasteiger partial charge in [0.05, 0.1) is 18.6 Å². The molecule has 1 aliphatic heterocycles. The van der Waals surface area contributed by atoms with E-state index in [4.69, 9.17) is 14.7 Å². The maximum absolute atomic E-state index is 12.2. The maximum Gasteiger partial charge on any atom is 0.317 e. The van der Waals surface area contributed by atoms with Crippen molar-refractivity contribution in [1.82, 2.24) is 10.2 Å². The number of rotatable bonds is 6. The Labute approximate surface area is 143 Å². The summed E-state index contributed by atoms with van der Waals surface area (Å²) < 4.78 is 11.5. The van der Waals surface area contributed by atoms with E-state index in [-0.39, 0.29) is 18.1 Å². The van der Waals surface area contributed by atoms with Gasteiger partial charge in [0.25, 0.3) is 0 Å². The minimum Gasteiger partial charge on any atom is -0.494 e. The van der Waals surface area contributed by atoms with Gasteiger partial charge in [-0.1, -0.05) is 0 Å². The quantitative estimate of drug-likeness (QED) is 0.870. The van der Waals surface area contributed by atoms with Crippen molar-refractivity contribution in [2.45, 2.75) is 39.8 Å². The van der Waals surface area contributed by atoms with Crippen LogP contribution in [0.4, 0.5) is 4.79 Å². The minimum absolute atomic E-state index is 0.165. The van der Waals surface area contributed by atoms with Crippen molar-refractivity contribution in [2.75, 3.05) is 20.2 Å². The van der Waals surface area contributed by atoms with E-state index in [1.54, 1.807) is 14.0 Å². The topological polar surface area (TPSA) is 74.6 Å². The third-order valence-electron chi connectivity index (χ3n) is 3.92. The van der Waals surface area contributed by atoms with Crippen LogP contribution in [0, 0.1) is 17.2 Å². The van der Waals surface area contributed by atoms with Crippen molar-refractivity contribution in [1.29, 1.82) is 5.26 Å². The van der Waals surface area contributed by atoms with Gasteiger partial charge in [0, 0.05) is 37.7 Å². The molecule has 1 aromatic carbocycles. The summed E-state index contributed by atoms with van der Waals surface area (Å²) >= 11 is 0. The lowest BCUT2D eigenvalue weighted by Gasteiger charge is -2.20. The van der Waals surface area contributed by atoms with E-state index in [0.29, 0.717) is 19.7 Å². The van der Waals surface area contributed by atoms with E-state index in [1.807, 2.05) is 26.0 Å². The second-order valence-electron chi connectivity index (χ2n) is 6.20. The Bertz CT molecular complexity index is 639. The van der Waals surface area contributed by atoms with Gasteiger partial charge in [0.2, 0.25) is 0 Å². The number of nitrogens with zero attached hydrogens (tertiary/aromatic N) is 2. The Hall–Kier alpha value is -2.42. The Balaban J connectivity index is 2.05. The molecule has 1 aliphatic rings. The first-order valence-electron chi connectivity index (χ1n) is 8.28. The maximum atomic E-state index is 12.2. The highest BCUT2D eigenvalue weighted by atomic mass is 16.5. The molecule has 0 saturated carbocycles. The van der Waals surface area contributed by atoms with Crippen molar-refractivity contribution in [3.8, 4) is 17.6 Å². The largest absolute Gasteiger partial charge is 0.494 e. The number of benzene rings is 1. The van der Waals surface area contributed by atoms with Crippen molar-refractivity contribution < 1.29 is 14.3 Å². The summed E-state index contributed by atoms with van der Waals surface area (Å²) in [7, 11) is 1.68. The van der Waals surface area contributed by atoms with Crippen LogP contribution in [0.15, 0.2) is 12.1 Å². The molecule has 0 fully saturated rings. The molecular weight excluding hydrogens is 306 g/mol. The molecule has 24 heavy (non-hydrogen) atoms. The molecule has 0 aliphatic carbocycles. The average molecular weight is 331 g/mol. The van der Waals surface area contributed by atoms with Crippen LogP contribution >= 0.6 is 0 Å². The zero-order valence-corrected chi connectivity index (χ0v) is 14.8. The molecule has 2 unspecified atom stereocenters. The molecule has 6 heteroatoms. The molecule has 2 rings (SSSR count). The first-order chi connectivity index (χ1) is 11.4. The van der Waals surface area contributed by atoms with Gasteiger partial charge in [-0.2, -0.15) is 5.26 Å². The number of hydrogen-bond donors (Lipinski definition) is 1. The Morgan fingerprint density at radius 3 is 3.00 bits per heavy atom. The van der Waals surface area contributed by atoms with E-state index in [2.05, 4.69) is 11.4 Å². The van der Waals surface area contributed by atoms with Crippen LogP contribution < -0.4 is 14.8 Å². The van der Waals surface area contributed by atoms with E-state index < -0.39 is 0 Å². The molecule has 6 nitrogen and oxygen atoms in total. The molecule has 2 atom stereocenters. The predicted molar refractivity (Wildman–Crippen MR) is 91.0 cm³/mol. The number of ether oxygens (including phenoxy) is 2. The zero-order valence-electron chi connectivity index (χ0n) is 14.8. The molecule has 0 bridgehead atoms. The minimum atomic E-state index is -0.214. The normalized spacial score (nSPS) is 16.5. The molecule has 2 amide bonds. The Morgan fingerprint density at radius 2 is 2.33 bits per heavy atom. The fourth-order valence-electron chi connectivity index (χ4n) is 2.75. The van der Waals surface area contributed by atoms with Gasteiger partial charge in [-0.15, -0.1) is 0 Å². The number of nitrogens with one attached hydrogen (secondary N) is 1. The Morgan fingerprint density at radius 1 is 1.58 bits per heavy atom. The number of carbonyl (C=O) groups excluding carboxylic acids is 1. The van der Waals surface area contributed by atoms with Crippen LogP contribution in [0.25, 0.3) is 0 Å². The van der Waals surface area contributed by atoms with Gasteiger partial charge < -0.3 is 19.7 Å². The fraction of sp³-hybridized carbons (Fsp3) is 0.556. The van der Waals surface area contributed by atoms with Crippen LogP contribution in [0.2, 0.25) is 0 Å². The van der Waals surface area contributed by atoms with E-state index in [0.717, 1.165) is 29.0 Å². The predicted octanol–water partition coefficient (Wildman–Crippen LogP) is 2.71. The van der Waals surface area contributed by atoms with Gasteiger partial charge in [-0.05, 0) is 32.9 Å². The summed E-state index contributed by atoms with van der Waals surface area (Å²) in [6, 6.07) is 5.86. The van der Waals surface area contributed by atoms with E-state index in [9.17, 15) is 4.79 Å². The zero-order chi connectivity index (χ0) is 17.7. The van der Waals surface area contributed by atoms with Gasteiger partial charge >= 0.3 is 6.03 Å². The van der Waals surface area contributed by atoms with Crippen LogP contribution in [0.3, 0.4) is 0 Å². The summed E-state index contributed by atoms with van der Waals surface area (Å²) in [5.41, 5.74) is 2.03. The van der Waals surface area contributed by atoms with Crippen molar-refractivity contribution in [3.05, 3.63) is 23.3 Å². The van der Waals surface area contributed by atoms with Gasteiger partial charge in [-0.25, -0.2) is 4.79 Å². The molecule has 1 N–H and O–H groups in total. The summed E-state index contributed by atoms with van der Waals surface area (Å²) in [5.74, 6) is 1.44. The highest BCUT2D eigenvalue weighted by Crippen LogP contribution is 2.35. The number of nitriles is 1. The number of carbonyl (C=O) groups is 1. The smallest absolute Gasteiger partial charge is 0.317 e. The molecular formula is C18H25N3O3. The number of urea groups is 1. The molecule has 0 spiro atoms. The Kier molecular flexibility index (Phi) is 5.91. The highest BCUT2D eigenvalue weighted by molar-refractivity contribution is 5.74.